The van der Waals surface area contributed by atoms with E-state index in [4.69, 9.17) is 14.9 Å². The van der Waals surface area contributed by atoms with Gasteiger partial charge in [-0.2, -0.15) is 5.10 Å². The van der Waals surface area contributed by atoms with Crippen LogP contribution in [0.5, 0.6) is 11.5 Å². The first kappa shape index (κ1) is 25.7. The predicted molar refractivity (Wildman–Crippen MR) is 154 cm³/mol. The van der Waals surface area contributed by atoms with E-state index in [0.29, 0.717) is 24.5 Å². The minimum Gasteiger partial charge on any atom is -0.498 e. The Kier molecular flexibility index (Phi) is 5.92. The number of amides is 1. The number of anilines is 2. The molecule has 2 aromatic carbocycles. The molecule has 2 bridgehead atoms. The zero-order valence-corrected chi connectivity index (χ0v) is 23.0. The summed E-state index contributed by atoms with van der Waals surface area (Å²) < 4.78 is 9.94. The number of aliphatic hydroxyl groups is 3. The highest BCUT2D eigenvalue weighted by Gasteiger charge is 2.48. The third kappa shape index (κ3) is 4.23. The molecule has 12 heteroatoms. The van der Waals surface area contributed by atoms with Crippen molar-refractivity contribution in [3.8, 4) is 11.5 Å². The second kappa shape index (κ2) is 9.68. The summed E-state index contributed by atoms with van der Waals surface area (Å²) in [5.74, 6) is -0.682. The molecule has 1 saturated heterocycles. The number of nitrogens with zero attached hydrogens (tertiary/aromatic N) is 6. The monoisotopic (exact) mass is 567 g/mol. The molecular formula is C30H29N7O5. The number of carbonyl (C=O) groups excluding carboxylic acids is 1. The molecule has 1 aliphatic carbocycles. The topological polar surface area (TPSA) is 150 Å². The van der Waals surface area contributed by atoms with Crippen molar-refractivity contribution in [3.05, 3.63) is 84.1 Å². The van der Waals surface area contributed by atoms with Gasteiger partial charge in [0.15, 0.2) is 5.82 Å². The van der Waals surface area contributed by atoms with Crippen LogP contribution in [0.3, 0.4) is 0 Å². The van der Waals surface area contributed by atoms with Crippen molar-refractivity contribution in [2.24, 2.45) is 13.0 Å². The van der Waals surface area contributed by atoms with Gasteiger partial charge in [0.25, 0.3) is 11.7 Å². The van der Waals surface area contributed by atoms with Gasteiger partial charge in [0.05, 0.1) is 17.4 Å². The molecule has 2 fully saturated rings. The van der Waals surface area contributed by atoms with Crippen molar-refractivity contribution in [1.29, 1.82) is 0 Å². The summed E-state index contributed by atoms with van der Waals surface area (Å²) in [6, 6.07) is 13.7. The van der Waals surface area contributed by atoms with Gasteiger partial charge < -0.3 is 34.8 Å². The van der Waals surface area contributed by atoms with Crippen molar-refractivity contribution >= 4 is 34.0 Å². The number of nitrogens with one attached hydrogen (secondary N) is 1. The number of imidazole rings is 1. The number of ether oxygens (including phenoxy) is 1. The molecule has 214 valence electrons. The van der Waals surface area contributed by atoms with Crippen molar-refractivity contribution in [3.63, 3.8) is 0 Å². The molecule has 2 aliphatic rings. The number of piperidine rings is 1. The maximum absolute atomic E-state index is 12.5. The van der Waals surface area contributed by atoms with Gasteiger partial charge in [0.1, 0.15) is 23.3 Å². The summed E-state index contributed by atoms with van der Waals surface area (Å²) >= 11 is 0. The Morgan fingerprint density at radius 2 is 1.93 bits per heavy atom. The van der Waals surface area contributed by atoms with Gasteiger partial charge in [-0.1, -0.05) is 0 Å². The Labute approximate surface area is 240 Å². The summed E-state index contributed by atoms with van der Waals surface area (Å²) in [6.07, 6.45) is 6.67. The minimum atomic E-state index is -1.36. The average molecular weight is 568 g/mol. The molecule has 42 heavy (non-hydrogen) atoms. The van der Waals surface area contributed by atoms with Crippen LogP contribution < -0.4 is 10.1 Å². The Morgan fingerprint density at radius 3 is 2.69 bits per heavy atom. The lowest BCUT2D eigenvalue weighted by Crippen LogP contribution is -2.40. The molecule has 1 saturated carbocycles. The highest BCUT2D eigenvalue weighted by atomic mass is 16.5. The van der Waals surface area contributed by atoms with E-state index < -0.39 is 17.6 Å². The molecule has 0 radical (unpaired) electrons. The van der Waals surface area contributed by atoms with Crippen molar-refractivity contribution in [2.75, 3.05) is 11.9 Å². The Balaban J connectivity index is 1.11. The quantitative estimate of drug-likeness (QED) is 0.164. The van der Waals surface area contributed by atoms with Crippen LogP contribution in [-0.2, 0) is 11.8 Å². The van der Waals surface area contributed by atoms with Crippen molar-refractivity contribution < 1.29 is 24.9 Å². The van der Waals surface area contributed by atoms with Gasteiger partial charge in [0.2, 0.25) is 0 Å². The van der Waals surface area contributed by atoms with Crippen LogP contribution in [0, 0.1) is 12.8 Å². The molecule has 12 nitrogen and oxygen atoms in total. The maximum Gasteiger partial charge on any atom is 0.324 e. The third-order valence-corrected chi connectivity index (χ3v) is 8.46. The van der Waals surface area contributed by atoms with E-state index >= 15 is 0 Å². The highest BCUT2D eigenvalue weighted by molar-refractivity contribution is 5.91. The van der Waals surface area contributed by atoms with Gasteiger partial charge in [-0.3, -0.25) is 4.79 Å². The van der Waals surface area contributed by atoms with Crippen molar-refractivity contribution in [2.45, 2.75) is 31.7 Å². The number of hydrogen-bond acceptors (Lipinski definition) is 9. The largest absolute Gasteiger partial charge is 0.498 e. The molecule has 3 unspecified atom stereocenters. The number of aliphatic hydroxyl groups excluding tert-OH is 2. The van der Waals surface area contributed by atoms with Crippen LogP contribution >= 0.6 is 0 Å². The fourth-order valence-electron chi connectivity index (χ4n) is 6.47. The molecule has 3 atom stereocenters. The molecule has 1 amide bonds. The van der Waals surface area contributed by atoms with Crippen LogP contribution in [0.1, 0.15) is 29.9 Å². The third-order valence-electron chi connectivity index (χ3n) is 8.46. The molecule has 4 heterocycles. The fourth-order valence-corrected chi connectivity index (χ4v) is 6.47. The van der Waals surface area contributed by atoms with Gasteiger partial charge in [-0.05, 0) is 79.1 Å². The van der Waals surface area contributed by atoms with Crippen LogP contribution in [0.4, 0.5) is 11.5 Å². The molecule has 4 N–H and O–H groups in total. The zero-order chi connectivity index (χ0) is 29.1. The van der Waals surface area contributed by atoms with Crippen molar-refractivity contribution in [1.82, 2.24) is 29.0 Å². The predicted octanol–water partition coefficient (Wildman–Crippen LogP) is 5.01. The number of hydrogen-bond donors (Lipinski definition) is 4. The first-order valence-electron chi connectivity index (χ1n) is 13.7. The first-order chi connectivity index (χ1) is 20.3. The molecule has 5 aromatic rings. The normalized spacial score (nSPS) is 19.5. The van der Waals surface area contributed by atoms with E-state index in [9.17, 15) is 9.90 Å². The summed E-state index contributed by atoms with van der Waals surface area (Å²) in [5.41, 5.74) is 5.66. The lowest BCUT2D eigenvalue weighted by Gasteiger charge is -2.31. The van der Waals surface area contributed by atoms with E-state index in [2.05, 4.69) is 20.4 Å². The summed E-state index contributed by atoms with van der Waals surface area (Å²) in [5, 5.41) is 35.9. The first-order valence-corrected chi connectivity index (χ1v) is 13.7. The fraction of sp³-hybridized carbons (Fsp3) is 0.267. The molecule has 0 spiro atoms. The average Bonchev–Trinajstić information content (AvgIpc) is 3.77. The number of rotatable bonds is 6. The van der Waals surface area contributed by atoms with Gasteiger partial charge >= 0.3 is 5.95 Å². The molecule has 7 rings (SSSR count). The van der Waals surface area contributed by atoms with E-state index in [1.54, 1.807) is 10.8 Å². The Morgan fingerprint density at radius 1 is 1.07 bits per heavy atom. The zero-order valence-electron chi connectivity index (χ0n) is 23.0. The SMILES string of the molecule is Cc1cc(Nc2ncnn3ccc(C4CC5CC4CN5C(=O)C(O)=C(O)O)c23)ccc1Oc1ccc2c(c1)ncn2C. The Bertz CT molecular complexity index is 1890. The van der Waals surface area contributed by atoms with E-state index in [-0.39, 0.29) is 17.9 Å². The van der Waals surface area contributed by atoms with Crippen LogP contribution in [0.15, 0.2) is 73.0 Å². The van der Waals surface area contributed by atoms with Crippen LogP contribution in [-0.4, -0.2) is 62.9 Å². The number of fused-ring (bicyclic) bond motifs is 4. The summed E-state index contributed by atoms with van der Waals surface area (Å²) in [6.45, 7) is 2.41. The second-order valence-corrected chi connectivity index (χ2v) is 11.0. The molecule has 3 aromatic heterocycles. The number of likely N-dealkylation sites (tertiary alicyclic amines) is 1. The van der Waals surface area contributed by atoms with E-state index in [1.807, 2.05) is 67.2 Å². The standard InChI is InChI=1S/C30H29N7O5/c1-16-9-18(3-6-25(16)42-20-4-5-24-23(12-20)32-15-35(24)2)34-28-26-21(7-8-37(26)33-14-31-28)22-11-19-10-17(22)13-36(19)29(39)27(38)30(40)41/h3-9,12,14-15,17,19,22,38,40-41H,10-11,13H2,1-2H3,(H,31,33,34). The van der Waals surface area contributed by atoms with Gasteiger partial charge in [-0.25, -0.2) is 14.5 Å². The summed E-state index contributed by atoms with van der Waals surface area (Å²) in [4.78, 5) is 23.0. The number of carbonyl (C=O) groups is 1. The minimum absolute atomic E-state index is 0.0985. The number of aromatic nitrogens is 5. The van der Waals surface area contributed by atoms with E-state index in [1.165, 1.54) is 11.2 Å². The second-order valence-electron chi connectivity index (χ2n) is 11.0. The number of aryl methyl sites for hydroxylation is 2. The lowest BCUT2D eigenvalue weighted by atomic mass is 9.88. The van der Waals surface area contributed by atoms with Crippen LogP contribution in [0.25, 0.3) is 16.6 Å². The van der Waals surface area contributed by atoms with Gasteiger partial charge in [0, 0.05) is 37.6 Å². The van der Waals surface area contributed by atoms with E-state index in [0.717, 1.165) is 45.5 Å². The highest BCUT2D eigenvalue weighted by Crippen LogP contribution is 2.49. The maximum atomic E-state index is 12.5. The Hall–Kier alpha value is -5.26. The van der Waals surface area contributed by atoms with Gasteiger partial charge in [-0.15, -0.1) is 0 Å². The van der Waals surface area contributed by atoms with Crippen LogP contribution in [0.2, 0.25) is 0 Å². The molecular weight excluding hydrogens is 538 g/mol. The lowest BCUT2D eigenvalue weighted by molar-refractivity contribution is -0.132. The molecule has 1 aliphatic heterocycles. The smallest absolute Gasteiger partial charge is 0.324 e. The number of benzene rings is 2. The summed E-state index contributed by atoms with van der Waals surface area (Å²) in [7, 11) is 1.96.